The van der Waals surface area contributed by atoms with Gasteiger partial charge in [0.25, 0.3) is 15.7 Å². The van der Waals surface area contributed by atoms with Gasteiger partial charge in [0.1, 0.15) is 6.10 Å². The van der Waals surface area contributed by atoms with E-state index in [2.05, 4.69) is 5.10 Å². The molecule has 170 valence electrons. The zero-order valence-corrected chi connectivity index (χ0v) is 18.4. The van der Waals surface area contributed by atoms with Crippen molar-refractivity contribution in [2.24, 2.45) is 7.05 Å². The SMILES string of the molecule is CCn1cc(C)c2c(C(OS(C)(=O)=O)c3ccc(C(F)(F)F)c(C#N)c3)n(C)nc2c1=O. The summed E-state index contributed by atoms with van der Waals surface area (Å²) in [6.07, 6.45) is -3.83. The standard InChI is InChI=1S/C20H19F3N4O4S/c1-5-27-10-11(2)15-16(19(27)28)25-26(3)17(15)18(31-32(4,29)30)12-6-7-14(20(21,22)23)13(8-12)9-24/h6-8,10,18H,5H2,1-4H3. The van der Waals surface area contributed by atoms with Gasteiger partial charge in [-0.05, 0) is 37.1 Å². The van der Waals surface area contributed by atoms with Crippen molar-refractivity contribution in [1.29, 1.82) is 5.26 Å². The van der Waals surface area contributed by atoms with Crippen LogP contribution in [0.5, 0.6) is 0 Å². The van der Waals surface area contributed by atoms with Crippen LogP contribution in [-0.2, 0) is 34.1 Å². The number of hydrogen-bond donors (Lipinski definition) is 0. The Bertz CT molecular complexity index is 1420. The molecule has 0 bridgehead atoms. The average molecular weight is 468 g/mol. The number of rotatable bonds is 5. The third-order valence-electron chi connectivity index (χ3n) is 4.93. The Kier molecular flexibility index (Phi) is 5.92. The van der Waals surface area contributed by atoms with E-state index in [-0.39, 0.29) is 16.8 Å². The van der Waals surface area contributed by atoms with Crippen LogP contribution < -0.4 is 5.56 Å². The summed E-state index contributed by atoms with van der Waals surface area (Å²) in [7, 11) is -2.64. The van der Waals surface area contributed by atoms with Gasteiger partial charge in [-0.1, -0.05) is 6.07 Å². The smallest absolute Gasteiger partial charge is 0.314 e. The van der Waals surface area contributed by atoms with Gasteiger partial charge in [0.15, 0.2) is 5.52 Å². The molecule has 1 unspecified atom stereocenters. The van der Waals surface area contributed by atoms with Crippen molar-refractivity contribution in [3.05, 3.63) is 62.7 Å². The summed E-state index contributed by atoms with van der Waals surface area (Å²) in [4.78, 5) is 12.7. The van der Waals surface area contributed by atoms with Gasteiger partial charge in [0.2, 0.25) is 0 Å². The van der Waals surface area contributed by atoms with Crippen LogP contribution in [0.4, 0.5) is 13.2 Å². The lowest BCUT2D eigenvalue weighted by Gasteiger charge is -2.20. The molecule has 0 aliphatic rings. The summed E-state index contributed by atoms with van der Waals surface area (Å²) in [6, 6.07) is 4.16. The van der Waals surface area contributed by atoms with Crippen molar-refractivity contribution in [3.8, 4) is 6.07 Å². The van der Waals surface area contributed by atoms with E-state index >= 15 is 0 Å². The monoisotopic (exact) mass is 468 g/mol. The first-order valence-electron chi connectivity index (χ1n) is 9.34. The Morgan fingerprint density at radius 1 is 1.31 bits per heavy atom. The van der Waals surface area contributed by atoms with Gasteiger partial charge in [-0.2, -0.15) is 31.9 Å². The summed E-state index contributed by atoms with van der Waals surface area (Å²) in [5.74, 6) is 0. The highest BCUT2D eigenvalue weighted by Gasteiger charge is 2.35. The van der Waals surface area contributed by atoms with Gasteiger partial charge < -0.3 is 4.57 Å². The molecule has 0 N–H and O–H groups in total. The Hall–Kier alpha value is -3.17. The molecule has 2 heterocycles. The zero-order valence-electron chi connectivity index (χ0n) is 17.6. The van der Waals surface area contributed by atoms with Crippen LogP contribution in [0.1, 0.15) is 41.0 Å². The van der Waals surface area contributed by atoms with Crippen LogP contribution in [-0.4, -0.2) is 29.0 Å². The third kappa shape index (κ3) is 4.26. The molecule has 32 heavy (non-hydrogen) atoms. The number of nitriles is 1. The van der Waals surface area contributed by atoms with E-state index in [9.17, 15) is 31.6 Å². The Balaban J connectivity index is 2.36. The molecule has 3 aromatic rings. The van der Waals surface area contributed by atoms with Crippen LogP contribution in [0.25, 0.3) is 10.9 Å². The predicted octanol–water partition coefficient (Wildman–Crippen LogP) is 3.02. The van der Waals surface area contributed by atoms with Gasteiger partial charge in [0.05, 0.1) is 29.1 Å². The van der Waals surface area contributed by atoms with Crippen LogP contribution >= 0.6 is 0 Å². The maximum absolute atomic E-state index is 13.2. The summed E-state index contributed by atoms with van der Waals surface area (Å²) in [5.41, 5.74) is -1.43. The van der Waals surface area contributed by atoms with E-state index < -0.39 is 39.1 Å². The number of benzene rings is 1. The van der Waals surface area contributed by atoms with E-state index in [1.54, 1.807) is 20.0 Å². The fraction of sp³-hybridized carbons (Fsp3) is 0.350. The molecule has 0 saturated carbocycles. The van der Waals surface area contributed by atoms with Gasteiger partial charge in [-0.25, -0.2) is 0 Å². The molecule has 0 radical (unpaired) electrons. The number of nitrogens with zero attached hydrogens (tertiary/aromatic N) is 4. The van der Waals surface area contributed by atoms with Crippen LogP contribution in [0, 0.1) is 18.3 Å². The van der Waals surface area contributed by atoms with Crippen LogP contribution in [0.2, 0.25) is 0 Å². The minimum absolute atomic E-state index is 0.0102. The highest BCUT2D eigenvalue weighted by atomic mass is 32.2. The first-order chi connectivity index (χ1) is 14.8. The number of fused-ring (bicyclic) bond motifs is 1. The number of halogens is 3. The van der Waals surface area contributed by atoms with Crippen molar-refractivity contribution >= 4 is 21.0 Å². The molecule has 1 atom stereocenters. The third-order valence-corrected chi connectivity index (χ3v) is 5.47. The highest BCUT2D eigenvalue weighted by Crippen LogP contribution is 2.37. The number of aromatic nitrogens is 3. The quantitative estimate of drug-likeness (QED) is 0.533. The van der Waals surface area contributed by atoms with Crippen molar-refractivity contribution in [2.75, 3.05) is 6.26 Å². The molecule has 12 heteroatoms. The van der Waals surface area contributed by atoms with E-state index in [1.807, 2.05) is 0 Å². The minimum Gasteiger partial charge on any atom is -0.314 e. The first-order valence-corrected chi connectivity index (χ1v) is 11.2. The molecule has 0 aliphatic heterocycles. The van der Waals surface area contributed by atoms with Gasteiger partial charge in [0, 0.05) is 25.2 Å². The second-order valence-corrected chi connectivity index (χ2v) is 8.83. The molecule has 0 fully saturated rings. The van der Waals surface area contributed by atoms with Gasteiger partial charge in [-0.3, -0.25) is 13.7 Å². The van der Waals surface area contributed by atoms with E-state index in [4.69, 9.17) is 4.18 Å². The van der Waals surface area contributed by atoms with E-state index in [0.29, 0.717) is 23.6 Å². The van der Waals surface area contributed by atoms with Gasteiger partial charge in [-0.15, -0.1) is 0 Å². The lowest BCUT2D eigenvalue weighted by atomic mass is 9.97. The molecule has 0 aliphatic carbocycles. The summed E-state index contributed by atoms with van der Waals surface area (Å²) in [6.45, 7) is 3.86. The average Bonchev–Trinajstić information content (AvgIpc) is 3.04. The fourth-order valence-electron chi connectivity index (χ4n) is 3.60. The topological polar surface area (TPSA) is 107 Å². The Morgan fingerprint density at radius 2 is 1.97 bits per heavy atom. The highest BCUT2D eigenvalue weighted by molar-refractivity contribution is 7.86. The predicted molar refractivity (Wildman–Crippen MR) is 109 cm³/mol. The number of hydrogen-bond acceptors (Lipinski definition) is 6. The second kappa shape index (κ2) is 8.07. The van der Waals surface area contributed by atoms with Crippen molar-refractivity contribution in [1.82, 2.24) is 14.3 Å². The first kappa shape index (κ1) is 23.5. The zero-order chi connectivity index (χ0) is 24.0. The normalized spacial score (nSPS) is 13.3. The van der Waals surface area contributed by atoms with Crippen molar-refractivity contribution < 1.29 is 25.8 Å². The minimum atomic E-state index is -4.77. The maximum atomic E-state index is 13.2. The molecule has 8 nitrogen and oxygen atoms in total. The molecule has 2 aromatic heterocycles. The fourth-order valence-corrected chi connectivity index (χ4v) is 4.15. The molecule has 3 rings (SSSR count). The maximum Gasteiger partial charge on any atom is 0.417 e. The second-order valence-electron chi connectivity index (χ2n) is 7.23. The molecule has 0 amide bonds. The molecular formula is C20H19F3N4O4S. The summed E-state index contributed by atoms with van der Waals surface area (Å²) >= 11 is 0. The van der Waals surface area contributed by atoms with Gasteiger partial charge >= 0.3 is 6.18 Å². The largest absolute Gasteiger partial charge is 0.417 e. The molecule has 1 aromatic carbocycles. The number of pyridine rings is 1. The van der Waals surface area contributed by atoms with Crippen molar-refractivity contribution in [2.45, 2.75) is 32.7 Å². The molecule has 0 spiro atoms. The lowest BCUT2D eigenvalue weighted by Crippen LogP contribution is -2.20. The lowest BCUT2D eigenvalue weighted by molar-refractivity contribution is -0.137. The molecule has 0 saturated heterocycles. The summed E-state index contributed by atoms with van der Waals surface area (Å²) < 4.78 is 71.7. The molecular weight excluding hydrogens is 449 g/mol. The van der Waals surface area contributed by atoms with Crippen LogP contribution in [0.15, 0.2) is 29.2 Å². The van der Waals surface area contributed by atoms with Crippen LogP contribution in [0.3, 0.4) is 0 Å². The van der Waals surface area contributed by atoms with E-state index in [1.165, 1.54) is 22.4 Å². The van der Waals surface area contributed by atoms with Crippen molar-refractivity contribution in [3.63, 3.8) is 0 Å². The summed E-state index contributed by atoms with van der Waals surface area (Å²) in [5, 5.41) is 13.8. The Labute approximate surface area is 181 Å². The number of aryl methyl sites for hydroxylation is 3. The van der Waals surface area contributed by atoms with E-state index in [0.717, 1.165) is 18.4 Å². The Morgan fingerprint density at radius 3 is 2.50 bits per heavy atom. The number of alkyl halides is 3.